The van der Waals surface area contributed by atoms with E-state index in [1.54, 1.807) is 23.9 Å². The van der Waals surface area contributed by atoms with E-state index in [1.165, 1.54) is 0 Å². The molecular formula is C13H22N2O2S2. The number of sulfonamides is 1. The van der Waals surface area contributed by atoms with Gasteiger partial charge in [0.15, 0.2) is 0 Å². The summed E-state index contributed by atoms with van der Waals surface area (Å²) in [6.07, 6.45) is 1.96. The molecule has 2 N–H and O–H groups in total. The third-order valence-corrected chi connectivity index (χ3v) is 5.34. The first-order chi connectivity index (χ1) is 8.90. The molecule has 0 bridgehead atoms. The molecule has 2 unspecified atom stereocenters. The Morgan fingerprint density at radius 1 is 1.21 bits per heavy atom. The van der Waals surface area contributed by atoms with Crippen molar-refractivity contribution in [2.24, 2.45) is 0 Å². The quantitative estimate of drug-likeness (QED) is 0.809. The van der Waals surface area contributed by atoms with Gasteiger partial charge in [0.2, 0.25) is 10.0 Å². The molecule has 0 amide bonds. The van der Waals surface area contributed by atoms with Crippen molar-refractivity contribution in [3.63, 3.8) is 0 Å². The minimum atomic E-state index is -3.41. The molecule has 2 atom stereocenters. The Bertz CT molecular complexity index is 486. The topological polar surface area (TPSA) is 58.2 Å². The Labute approximate surface area is 120 Å². The monoisotopic (exact) mass is 302 g/mol. The van der Waals surface area contributed by atoms with Crippen molar-refractivity contribution in [3.05, 3.63) is 29.8 Å². The standard InChI is InChI=1S/C13H22N2O2S2/c1-10(9-18-4)15-19(16,17)13-7-5-12(6-8-13)11(2)14-3/h5-8,10-11,14-15H,9H2,1-4H3. The number of hydrogen-bond acceptors (Lipinski definition) is 4. The summed E-state index contributed by atoms with van der Waals surface area (Å²) in [6.45, 7) is 3.90. The average molecular weight is 302 g/mol. The first-order valence-electron chi connectivity index (χ1n) is 6.19. The molecule has 0 radical (unpaired) electrons. The lowest BCUT2D eigenvalue weighted by Gasteiger charge is -2.14. The fourth-order valence-corrected chi connectivity index (χ4v) is 3.65. The van der Waals surface area contributed by atoms with Gasteiger partial charge in [-0.25, -0.2) is 13.1 Å². The van der Waals surface area contributed by atoms with E-state index in [-0.39, 0.29) is 12.1 Å². The SMILES string of the molecule is CNC(C)c1ccc(S(=O)(=O)NC(C)CSC)cc1. The largest absolute Gasteiger partial charge is 0.313 e. The van der Waals surface area contributed by atoms with Gasteiger partial charge in [-0.1, -0.05) is 12.1 Å². The van der Waals surface area contributed by atoms with Gasteiger partial charge in [0.1, 0.15) is 0 Å². The van der Waals surface area contributed by atoms with Crippen LogP contribution >= 0.6 is 11.8 Å². The highest BCUT2D eigenvalue weighted by Gasteiger charge is 2.17. The molecule has 0 aliphatic heterocycles. The molecule has 0 saturated carbocycles. The zero-order valence-electron chi connectivity index (χ0n) is 11.8. The van der Waals surface area contributed by atoms with Crippen LogP contribution in [0.5, 0.6) is 0 Å². The first-order valence-corrected chi connectivity index (χ1v) is 9.07. The molecular weight excluding hydrogens is 280 g/mol. The van der Waals surface area contributed by atoms with Crippen LogP contribution < -0.4 is 10.0 Å². The lowest BCUT2D eigenvalue weighted by atomic mass is 10.1. The fourth-order valence-electron chi connectivity index (χ4n) is 1.72. The number of hydrogen-bond donors (Lipinski definition) is 2. The van der Waals surface area contributed by atoms with Gasteiger partial charge in [-0.05, 0) is 44.8 Å². The first kappa shape index (κ1) is 16.5. The molecule has 0 aliphatic carbocycles. The summed E-state index contributed by atoms with van der Waals surface area (Å²) in [5, 5.41) is 3.12. The van der Waals surface area contributed by atoms with E-state index in [4.69, 9.17) is 0 Å². The molecule has 6 heteroatoms. The highest BCUT2D eigenvalue weighted by Crippen LogP contribution is 2.16. The van der Waals surface area contributed by atoms with Crippen molar-refractivity contribution < 1.29 is 8.42 Å². The van der Waals surface area contributed by atoms with E-state index in [9.17, 15) is 8.42 Å². The molecule has 1 aromatic rings. The van der Waals surface area contributed by atoms with Crippen LogP contribution in [0.1, 0.15) is 25.5 Å². The summed E-state index contributed by atoms with van der Waals surface area (Å²) >= 11 is 1.62. The number of rotatable bonds is 7. The predicted molar refractivity (Wildman–Crippen MR) is 82.1 cm³/mol. The maximum absolute atomic E-state index is 12.1. The highest BCUT2D eigenvalue weighted by atomic mass is 32.2. The zero-order chi connectivity index (χ0) is 14.5. The second-order valence-electron chi connectivity index (χ2n) is 4.56. The number of thioether (sulfide) groups is 1. The van der Waals surface area contributed by atoms with Crippen molar-refractivity contribution in [1.82, 2.24) is 10.0 Å². The molecule has 1 aromatic carbocycles. The van der Waals surface area contributed by atoms with E-state index >= 15 is 0 Å². The normalized spacial score (nSPS) is 15.2. The number of benzene rings is 1. The summed E-state index contributed by atoms with van der Waals surface area (Å²) in [5.41, 5.74) is 1.07. The molecule has 1 rings (SSSR count). The van der Waals surface area contributed by atoms with Crippen LogP contribution in [-0.4, -0.2) is 33.5 Å². The van der Waals surface area contributed by atoms with Crippen molar-refractivity contribution in [2.75, 3.05) is 19.1 Å². The Morgan fingerprint density at radius 2 is 1.79 bits per heavy atom. The van der Waals surface area contributed by atoms with Crippen molar-refractivity contribution >= 4 is 21.8 Å². The third-order valence-electron chi connectivity index (χ3n) is 2.90. The summed E-state index contributed by atoms with van der Waals surface area (Å²) in [6, 6.07) is 7.12. The summed E-state index contributed by atoms with van der Waals surface area (Å²) in [4.78, 5) is 0.313. The minimum absolute atomic E-state index is 0.0732. The average Bonchev–Trinajstić information content (AvgIpc) is 2.37. The molecule has 108 valence electrons. The summed E-state index contributed by atoms with van der Waals surface area (Å²) < 4.78 is 26.9. The van der Waals surface area contributed by atoms with E-state index < -0.39 is 10.0 Å². The molecule has 4 nitrogen and oxygen atoms in total. The van der Waals surface area contributed by atoms with Gasteiger partial charge < -0.3 is 5.32 Å². The molecule has 0 spiro atoms. The van der Waals surface area contributed by atoms with E-state index in [0.29, 0.717) is 4.90 Å². The Balaban J connectivity index is 2.85. The van der Waals surface area contributed by atoms with Gasteiger partial charge in [-0.15, -0.1) is 0 Å². The molecule has 0 aliphatic rings. The minimum Gasteiger partial charge on any atom is -0.313 e. The second kappa shape index (κ2) is 7.28. The summed E-state index contributed by atoms with van der Waals surface area (Å²) in [5.74, 6) is 0.758. The van der Waals surface area contributed by atoms with Crippen LogP contribution in [0.2, 0.25) is 0 Å². The van der Waals surface area contributed by atoms with Gasteiger partial charge in [0, 0.05) is 17.8 Å². The Morgan fingerprint density at radius 3 is 2.26 bits per heavy atom. The van der Waals surface area contributed by atoms with Gasteiger partial charge in [0.25, 0.3) is 0 Å². The molecule has 0 saturated heterocycles. The maximum Gasteiger partial charge on any atom is 0.240 e. The van der Waals surface area contributed by atoms with Gasteiger partial charge >= 0.3 is 0 Å². The van der Waals surface area contributed by atoms with Crippen LogP contribution in [0.25, 0.3) is 0 Å². The van der Waals surface area contributed by atoms with Gasteiger partial charge in [0.05, 0.1) is 4.90 Å². The molecule has 19 heavy (non-hydrogen) atoms. The zero-order valence-corrected chi connectivity index (χ0v) is 13.4. The summed E-state index contributed by atoms with van der Waals surface area (Å²) in [7, 11) is -1.54. The predicted octanol–water partition coefficient (Wildman–Crippen LogP) is 2.00. The van der Waals surface area contributed by atoms with Crippen LogP contribution in [0.3, 0.4) is 0 Å². The molecule has 0 aromatic heterocycles. The molecule has 0 fully saturated rings. The van der Waals surface area contributed by atoms with Crippen LogP contribution in [0.15, 0.2) is 29.2 Å². The van der Waals surface area contributed by atoms with Crippen molar-refractivity contribution in [1.29, 1.82) is 0 Å². The fraction of sp³-hybridized carbons (Fsp3) is 0.538. The van der Waals surface area contributed by atoms with Crippen molar-refractivity contribution in [2.45, 2.75) is 30.8 Å². The second-order valence-corrected chi connectivity index (χ2v) is 7.18. The van der Waals surface area contributed by atoms with Gasteiger partial charge in [-0.3, -0.25) is 0 Å². The van der Waals surface area contributed by atoms with Crippen LogP contribution in [0.4, 0.5) is 0 Å². The number of nitrogens with one attached hydrogen (secondary N) is 2. The lowest BCUT2D eigenvalue weighted by molar-refractivity contribution is 0.571. The smallest absolute Gasteiger partial charge is 0.240 e. The lowest BCUT2D eigenvalue weighted by Crippen LogP contribution is -2.34. The third kappa shape index (κ3) is 4.80. The highest BCUT2D eigenvalue weighted by molar-refractivity contribution is 7.98. The van der Waals surface area contributed by atoms with Crippen LogP contribution in [0, 0.1) is 0 Å². The van der Waals surface area contributed by atoms with Crippen LogP contribution in [-0.2, 0) is 10.0 Å². The van der Waals surface area contributed by atoms with Gasteiger partial charge in [-0.2, -0.15) is 11.8 Å². The van der Waals surface area contributed by atoms with E-state index in [0.717, 1.165) is 11.3 Å². The Hall–Kier alpha value is -0.560. The Kier molecular flexibility index (Phi) is 6.32. The maximum atomic E-state index is 12.1. The molecule has 0 heterocycles. The van der Waals surface area contributed by atoms with E-state index in [1.807, 2.05) is 39.3 Å². The van der Waals surface area contributed by atoms with Crippen molar-refractivity contribution in [3.8, 4) is 0 Å². The van der Waals surface area contributed by atoms with E-state index in [2.05, 4.69) is 10.0 Å².